The standard InChI is InChI=1S/C22H14Cl3F10N3O2/c1-37(8-20(27,28)29)38(19(36)40)18(39)11-3-2-9(4-13(11)22(33,34)35)16(26)7-12(21(30,31)32)10-5-14(23)17(25)15(24)6-10/h2-7,12H,8H2,1H3,(H2,36,40)/b16-7-. The summed E-state index contributed by atoms with van der Waals surface area (Å²) in [5.74, 6) is -6.59. The van der Waals surface area contributed by atoms with Gasteiger partial charge in [0.1, 0.15) is 18.3 Å². The number of amides is 3. The van der Waals surface area contributed by atoms with Crippen LogP contribution in [-0.2, 0) is 6.18 Å². The first-order chi connectivity index (χ1) is 18.0. The Bertz CT molecular complexity index is 1300. The second kappa shape index (κ2) is 12.0. The van der Waals surface area contributed by atoms with Crippen molar-refractivity contribution in [3.05, 3.63) is 73.7 Å². The number of allylic oxidation sites excluding steroid dienone is 1. The van der Waals surface area contributed by atoms with E-state index in [1.54, 1.807) is 0 Å². The van der Waals surface area contributed by atoms with Gasteiger partial charge in [-0.1, -0.05) is 40.9 Å². The zero-order valence-corrected chi connectivity index (χ0v) is 21.7. The SMILES string of the molecule is CN(CC(F)(F)F)N(C(N)=O)C(=O)c1ccc(/C(F)=C/C(c2cc(Cl)c(Cl)c(Cl)c2)C(F)(F)F)cc1C(F)(F)F. The van der Waals surface area contributed by atoms with Gasteiger partial charge in [0.15, 0.2) is 0 Å². The highest BCUT2D eigenvalue weighted by Crippen LogP contribution is 2.43. The number of alkyl halides is 9. The quantitative estimate of drug-likeness (QED) is 0.195. The lowest BCUT2D eigenvalue weighted by Crippen LogP contribution is -2.53. The molecule has 5 nitrogen and oxygen atoms in total. The van der Waals surface area contributed by atoms with Crippen molar-refractivity contribution in [3.63, 3.8) is 0 Å². The second-order valence-electron chi connectivity index (χ2n) is 7.98. The van der Waals surface area contributed by atoms with E-state index in [4.69, 9.17) is 40.5 Å². The molecule has 0 bridgehead atoms. The number of nitrogens with two attached hydrogens (primary N) is 1. The van der Waals surface area contributed by atoms with Crippen LogP contribution in [0, 0.1) is 0 Å². The molecule has 0 aliphatic heterocycles. The predicted molar refractivity (Wildman–Crippen MR) is 125 cm³/mol. The van der Waals surface area contributed by atoms with Gasteiger partial charge in [-0.3, -0.25) is 4.79 Å². The molecule has 40 heavy (non-hydrogen) atoms. The van der Waals surface area contributed by atoms with Gasteiger partial charge in [0.2, 0.25) is 0 Å². The molecule has 2 aromatic carbocycles. The van der Waals surface area contributed by atoms with Crippen molar-refractivity contribution in [1.29, 1.82) is 0 Å². The van der Waals surface area contributed by atoms with E-state index in [1.165, 1.54) is 0 Å². The maximum atomic E-state index is 15.0. The van der Waals surface area contributed by atoms with Crippen LogP contribution >= 0.6 is 34.8 Å². The number of urea groups is 1. The van der Waals surface area contributed by atoms with Crippen LogP contribution < -0.4 is 5.73 Å². The van der Waals surface area contributed by atoms with E-state index in [0.29, 0.717) is 13.1 Å². The summed E-state index contributed by atoms with van der Waals surface area (Å²) in [5, 5.41) is -1.70. The third kappa shape index (κ3) is 8.15. The molecule has 0 aromatic heterocycles. The molecule has 2 N–H and O–H groups in total. The summed E-state index contributed by atoms with van der Waals surface area (Å²) in [6.07, 6.45) is -15.8. The minimum Gasteiger partial charge on any atom is -0.350 e. The zero-order valence-electron chi connectivity index (χ0n) is 19.5. The van der Waals surface area contributed by atoms with Gasteiger partial charge in [-0.05, 0) is 35.9 Å². The fourth-order valence-corrected chi connectivity index (χ4v) is 3.97. The number of imide groups is 1. The van der Waals surface area contributed by atoms with Gasteiger partial charge in [0, 0.05) is 12.6 Å². The number of primary amides is 1. The molecule has 2 aromatic rings. The van der Waals surface area contributed by atoms with Crippen LogP contribution in [0.5, 0.6) is 0 Å². The zero-order chi connectivity index (χ0) is 31.0. The molecule has 0 aliphatic rings. The molecule has 0 saturated carbocycles. The minimum atomic E-state index is -5.49. The van der Waals surface area contributed by atoms with Crippen molar-refractivity contribution < 1.29 is 53.5 Å². The van der Waals surface area contributed by atoms with Gasteiger partial charge in [-0.15, -0.1) is 0 Å². The largest absolute Gasteiger partial charge is 0.417 e. The van der Waals surface area contributed by atoms with Crippen LogP contribution in [-0.4, -0.2) is 47.9 Å². The molecule has 2 rings (SSSR count). The monoisotopic (exact) mass is 647 g/mol. The molecule has 18 heteroatoms. The van der Waals surface area contributed by atoms with Gasteiger partial charge in [-0.25, -0.2) is 14.2 Å². The number of carbonyl (C=O) groups is 2. The maximum absolute atomic E-state index is 15.0. The van der Waals surface area contributed by atoms with E-state index < -0.39 is 86.1 Å². The lowest BCUT2D eigenvalue weighted by Gasteiger charge is -2.29. The van der Waals surface area contributed by atoms with Gasteiger partial charge < -0.3 is 5.73 Å². The molecule has 0 fully saturated rings. The van der Waals surface area contributed by atoms with Crippen molar-refractivity contribution in [2.24, 2.45) is 5.73 Å². The number of hydrazine groups is 1. The summed E-state index contributed by atoms with van der Waals surface area (Å²) in [6.45, 7) is -1.98. The van der Waals surface area contributed by atoms with Crippen molar-refractivity contribution in [2.45, 2.75) is 24.4 Å². The van der Waals surface area contributed by atoms with E-state index in [0.717, 1.165) is 12.1 Å². The molecule has 0 saturated heterocycles. The number of rotatable bonds is 6. The molecule has 1 unspecified atom stereocenters. The van der Waals surface area contributed by atoms with Gasteiger partial charge >= 0.3 is 24.6 Å². The Morgan fingerprint density at radius 2 is 1.48 bits per heavy atom. The molecule has 0 spiro atoms. The Labute approximate surface area is 233 Å². The summed E-state index contributed by atoms with van der Waals surface area (Å²) < 4.78 is 136. The Hall–Kier alpha value is -2.75. The Kier molecular flexibility index (Phi) is 10.0. The highest BCUT2D eigenvalue weighted by molar-refractivity contribution is 6.48. The first-order valence-electron chi connectivity index (χ1n) is 10.3. The summed E-state index contributed by atoms with van der Waals surface area (Å²) in [5.41, 5.74) is -0.349. The first kappa shape index (κ1) is 33.5. The Morgan fingerprint density at radius 3 is 1.90 bits per heavy atom. The molecule has 0 radical (unpaired) electrons. The van der Waals surface area contributed by atoms with E-state index in [2.05, 4.69) is 0 Å². The number of hydrogen-bond donors (Lipinski definition) is 1. The molecule has 1 atom stereocenters. The number of halogens is 13. The minimum absolute atomic E-state index is 0.0583. The van der Waals surface area contributed by atoms with E-state index in [9.17, 15) is 53.5 Å². The Morgan fingerprint density at radius 1 is 0.950 bits per heavy atom. The van der Waals surface area contributed by atoms with Crippen molar-refractivity contribution in [2.75, 3.05) is 13.6 Å². The highest BCUT2D eigenvalue weighted by Gasteiger charge is 2.42. The number of nitrogens with zero attached hydrogens (tertiary/aromatic N) is 2. The van der Waals surface area contributed by atoms with E-state index in [1.807, 2.05) is 0 Å². The van der Waals surface area contributed by atoms with Crippen molar-refractivity contribution in [3.8, 4) is 0 Å². The number of benzene rings is 2. The smallest absolute Gasteiger partial charge is 0.350 e. The third-order valence-electron chi connectivity index (χ3n) is 5.01. The maximum Gasteiger partial charge on any atom is 0.417 e. The normalized spacial score (nSPS) is 13.9. The average molecular weight is 649 g/mol. The van der Waals surface area contributed by atoms with Crippen LogP contribution in [0.25, 0.3) is 5.83 Å². The molecule has 0 heterocycles. The van der Waals surface area contributed by atoms with E-state index >= 15 is 0 Å². The van der Waals surface area contributed by atoms with Crippen LogP contribution in [0.4, 0.5) is 48.7 Å². The van der Waals surface area contributed by atoms with Crippen LogP contribution in [0.2, 0.25) is 15.1 Å². The van der Waals surface area contributed by atoms with Crippen LogP contribution in [0.1, 0.15) is 33.0 Å². The summed E-state index contributed by atoms with van der Waals surface area (Å²) in [4.78, 5) is 24.3. The molecular weight excluding hydrogens is 635 g/mol. The topological polar surface area (TPSA) is 66.6 Å². The lowest BCUT2D eigenvalue weighted by atomic mass is 9.95. The first-order valence-corrected chi connectivity index (χ1v) is 11.4. The van der Waals surface area contributed by atoms with Crippen LogP contribution in [0.15, 0.2) is 36.4 Å². The fourth-order valence-electron chi connectivity index (χ4n) is 3.36. The Balaban J connectivity index is 2.65. The molecular formula is C22H14Cl3F10N3O2. The summed E-state index contributed by atoms with van der Waals surface area (Å²) in [6, 6.07) is 0.217. The summed E-state index contributed by atoms with van der Waals surface area (Å²) >= 11 is 17.2. The highest BCUT2D eigenvalue weighted by atomic mass is 35.5. The number of hydrogen-bond acceptors (Lipinski definition) is 3. The fraction of sp³-hybridized carbons (Fsp3) is 0.273. The predicted octanol–water partition coefficient (Wildman–Crippen LogP) is 8.25. The van der Waals surface area contributed by atoms with Crippen molar-refractivity contribution >= 4 is 52.6 Å². The second-order valence-corrected chi connectivity index (χ2v) is 9.17. The van der Waals surface area contributed by atoms with Gasteiger partial charge in [-0.2, -0.15) is 44.5 Å². The molecule has 220 valence electrons. The molecule has 0 aliphatic carbocycles. The van der Waals surface area contributed by atoms with Crippen LogP contribution in [0.3, 0.4) is 0 Å². The number of carbonyl (C=O) groups excluding carboxylic acids is 2. The average Bonchev–Trinajstić information content (AvgIpc) is 2.77. The van der Waals surface area contributed by atoms with Crippen molar-refractivity contribution in [1.82, 2.24) is 10.0 Å². The van der Waals surface area contributed by atoms with E-state index in [-0.39, 0.29) is 28.2 Å². The van der Waals surface area contributed by atoms with Gasteiger partial charge in [0.05, 0.1) is 26.2 Å². The third-order valence-corrected chi connectivity index (χ3v) is 6.21. The lowest BCUT2D eigenvalue weighted by molar-refractivity contribution is -0.160. The van der Waals surface area contributed by atoms with Gasteiger partial charge in [0.25, 0.3) is 5.91 Å². The summed E-state index contributed by atoms with van der Waals surface area (Å²) in [7, 11) is 0.534. The molecule has 3 amide bonds.